The molecule has 4 amide bonds. The molecule has 4 aromatic carbocycles. The Kier molecular flexibility index (Phi) is 21.2. The van der Waals surface area contributed by atoms with Gasteiger partial charge >= 0.3 is 0 Å². The zero-order chi connectivity index (χ0) is 61.7. The molecule has 0 radical (unpaired) electrons. The van der Waals surface area contributed by atoms with Gasteiger partial charge in [0.2, 0.25) is 23.6 Å². The second kappa shape index (κ2) is 29.5. The van der Waals surface area contributed by atoms with Crippen LogP contribution in [0.25, 0.3) is 43.9 Å². The predicted molar refractivity (Wildman–Crippen MR) is 347 cm³/mol. The number of aryl methyl sites for hydroxylation is 1. The molecule has 10 rings (SSSR count). The summed E-state index contributed by atoms with van der Waals surface area (Å²) >= 11 is 1.58. The van der Waals surface area contributed by atoms with Crippen LogP contribution in [0.15, 0.2) is 121 Å². The van der Waals surface area contributed by atoms with Crippen molar-refractivity contribution in [2.45, 2.75) is 161 Å². The number of carbonyl (C=O) groups is 4. The van der Waals surface area contributed by atoms with E-state index in [0.717, 1.165) is 163 Å². The Balaban J connectivity index is 0.636. The lowest BCUT2D eigenvalue weighted by Crippen LogP contribution is -2.57. The highest BCUT2D eigenvalue weighted by atomic mass is 32.1. The standard InChI is InChI=1S/C71H86N10O6S/c1-49-65(88-48-75-49)55-31-29-51(30-32-55)44-73-69(86)59-43-58(83)46-79(59)70(87)66(71(2,3)4)76-60(84)27-16-6-5-7-17-28-61(85)78-40-38-77(39-41-78)37-18-10-11-20-50-21-19-22-52(42-50)45-80-64(54-25-14-9-15-26-54)62(53-23-12-8-13-24-53)63-67(72)81(47-74-68(63)80)56-33-35-57(82)36-34-56/h8-9,12-15,19,21-26,29-32,42,47-48,56-59,66,72,82-83H,5-7,10,16-18,27-28,33-41,43-46H2,1-4H3,(H,73,86)(H,76,84)/t56?,57?,58-,59+,66-/m1/s1. The van der Waals surface area contributed by atoms with E-state index in [4.69, 9.17) is 4.98 Å². The third kappa shape index (κ3) is 15.7. The second-order valence-corrected chi connectivity index (χ2v) is 26.1. The van der Waals surface area contributed by atoms with Crippen molar-refractivity contribution in [3.63, 3.8) is 0 Å². The fraction of sp³-hybridized carbons (Fsp3) is 0.451. The lowest BCUT2D eigenvalue weighted by molar-refractivity contribution is -0.144. The van der Waals surface area contributed by atoms with E-state index in [9.17, 15) is 34.8 Å². The van der Waals surface area contributed by atoms with Crippen molar-refractivity contribution >= 4 is 46.0 Å². The number of aliphatic hydroxyl groups excluding tert-OH is 2. The predicted octanol–water partition coefficient (Wildman–Crippen LogP) is 10.4. The molecule has 88 heavy (non-hydrogen) atoms. The van der Waals surface area contributed by atoms with Crippen LogP contribution in [0, 0.1) is 29.6 Å². The SMILES string of the molecule is Cc1ncsc1-c1ccc(CNC(=O)[C@@H]2C[C@@H](O)CN2C(=O)[C@@H](NC(=O)CCCCCCCC(=O)N2CCN(CCCC#Cc3cccc(Cn4c(-c5ccccc5)c(-c5ccccc5)c5c(=N)n(C6CCC(O)CC6)cnc54)c3)CC2)C(C)(C)C)cc1. The fourth-order valence-electron chi connectivity index (χ4n) is 12.8. The highest BCUT2D eigenvalue weighted by molar-refractivity contribution is 7.13. The van der Waals surface area contributed by atoms with Crippen LogP contribution in [0.5, 0.6) is 0 Å². The largest absolute Gasteiger partial charge is 0.393 e. The number of hydrogen-bond acceptors (Lipinski definition) is 11. The molecule has 3 aliphatic rings. The highest BCUT2D eigenvalue weighted by Gasteiger charge is 2.44. The number of carbonyl (C=O) groups excluding carboxylic acids is 4. The first-order chi connectivity index (χ1) is 42.6. The van der Waals surface area contributed by atoms with Gasteiger partial charge in [-0.05, 0) is 104 Å². The van der Waals surface area contributed by atoms with E-state index in [0.29, 0.717) is 24.9 Å². The van der Waals surface area contributed by atoms with Gasteiger partial charge in [0, 0.05) is 88.7 Å². The van der Waals surface area contributed by atoms with Gasteiger partial charge in [-0.25, -0.2) is 9.97 Å². The summed E-state index contributed by atoms with van der Waals surface area (Å²) in [5.74, 6) is 6.13. The van der Waals surface area contributed by atoms with Crippen molar-refractivity contribution in [2.75, 3.05) is 39.3 Å². The van der Waals surface area contributed by atoms with E-state index in [-0.39, 0.29) is 61.7 Å². The maximum absolute atomic E-state index is 14.1. The first kappa shape index (κ1) is 63.3. The number of rotatable bonds is 22. The van der Waals surface area contributed by atoms with E-state index in [1.165, 1.54) is 4.90 Å². The maximum atomic E-state index is 14.1. The molecule has 2 saturated heterocycles. The summed E-state index contributed by atoms with van der Waals surface area (Å²) in [7, 11) is 0. The maximum Gasteiger partial charge on any atom is 0.246 e. The minimum Gasteiger partial charge on any atom is -0.393 e. The summed E-state index contributed by atoms with van der Waals surface area (Å²) in [5, 5.41) is 37.4. The Morgan fingerprint density at radius 2 is 1.45 bits per heavy atom. The van der Waals surface area contributed by atoms with Gasteiger partial charge in [0.15, 0.2) is 0 Å². The summed E-state index contributed by atoms with van der Waals surface area (Å²) < 4.78 is 4.29. The number of nitrogens with zero attached hydrogens (tertiary/aromatic N) is 7. The first-order valence-corrected chi connectivity index (χ1v) is 32.6. The van der Waals surface area contributed by atoms with Crippen molar-refractivity contribution < 1.29 is 29.4 Å². The fourth-order valence-corrected chi connectivity index (χ4v) is 13.6. The molecule has 3 aromatic heterocycles. The molecule has 3 atom stereocenters. The van der Waals surface area contributed by atoms with Crippen LogP contribution in [0.1, 0.15) is 139 Å². The second-order valence-electron chi connectivity index (χ2n) is 25.2. The van der Waals surface area contributed by atoms with Crippen LogP contribution in [-0.2, 0) is 32.3 Å². The molecule has 16 nitrogen and oxygen atoms in total. The number of nitrogens with one attached hydrogen (secondary N) is 3. The van der Waals surface area contributed by atoms with Crippen molar-refractivity contribution in [1.82, 2.24) is 44.4 Å². The average molecular weight is 1210 g/mol. The van der Waals surface area contributed by atoms with Gasteiger partial charge in [-0.2, -0.15) is 0 Å². The summed E-state index contributed by atoms with van der Waals surface area (Å²) in [6.07, 6.45) is 10.5. The number of aliphatic hydroxyl groups is 2. The Labute approximate surface area is 521 Å². The average Bonchev–Trinajstić information content (AvgIpc) is 1.60. The molecule has 3 fully saturated rings. The number of benzene rings is 4. The van der Waals surface area contributed by atoms with Crippen LogP contribution in [0.4, 0.5) is 0 Å². The molecule has 0 bridgehead atoms. The number of likely N-dealkylation sites (tertiary alicyclic amines) is 1. The Bertz CT molecular complexity index is 3640. The molecule has 1 saturated carbocycles. The number of amides is 4. The van der Waals surface area contributed by atoms with Gasteiger partial charge in [0.1, 0.15) is 23.2 Å². The Morgan fingerprint density at radius 3 is 2.15 bits per heavy atom. The van der Waals surface area contributed by atoms with E-state index < -0.39 is 23.6 Å². The number of fused-ring (bicyclic) bond motifs is 1. The van der Waals surface area contributed by atoms with Crippen LogP contribution < -0.4 is 16.1 Å². The number of β-amino-alcohol motifs (C(OH)–C–C–N with tert-alkyl or cyclic N) is 1. The summed E-state index contributed by atoms with van der Waals surface area (Å²) in [5.41, 5.74) is 11.5. The monoisotopic (exact) mass is 1210 g/mol. The van der Waals surface area contributed by atoms with E-state index >= 15 is 0 Å². The van der Waals surface area contributed by atoms with Crippen molar-refractivity contribution in [3.05, 3.63) is 149 Å². The molecular formula is C71H86N10O6S. The quantitative estimate of drug-likeness (QED) is 0.0323. The lowest BCUT2D eigenvalue weighted by Gasteiger charge is -2.35. The number of unbranched alkanes of at least 4 members (excludes halogenated alkanes) is 5. The Morgan fingerprint density at radius 1 is 0.761 bits per heavy atom. The van der Waals surface area contributed by atoms with Crippen LogP contribution >= 0.6 is 11.3 Å². The third-order valence-electron chi connectivity index (χ3n) is 17.7. The minimum atomic E-state index is -0.876. The third-order valence-corrected chi connectivity index (χ3v) is 18.7. The van der Waals surface area contributed by atoms with Crippen molar-refractivity contribution in [3.8, 4) is 44.7 Å². The molecule has 2 aliphatic heterocycles. The Hall–Kier alpha value is -7.75. The number of hydrogen-bond donors (Lipinski definition) is 5. The smallest absolute Gasteiger partial charge is 0.246 e. The summed E-state index contributed by atoms with van der Waals surface area (Å²) in [6, 6.07) is 35.5. The van der Waals surface area contributed by atoms with Gasteiger partial charge < -0.3 is 39.8 Å². The lowest BCUT2D eigenvalue weighted by atomic mass is 9.85. The topological polar surface area (TPSA) is 202 Å². The first-order valence-electron chi connectivity index (χ1n) is 31.7. The van der Waals surface area contributed by atoms with Gasteiger partial charge in [-0.1, -0.05) is 149 Å². The zero-order valence-corrected chi connectivity index (χ0v) is 52.4. The van der Waals surface area contributed by atoms with Gasteiger partial charge in [-0.15, -0.1) is 11.3 Å². The molecule has 5 heterocycles. The molecule has 17 heteroatoms. The van der Waals surface area contributed by atoms with Gasteiger partial charge in [0.25, 0.3) is 0 Å². The number of aromatic nitrogens is 4. The number of thiazole rings is 1. The van der Waals surface area contributed by atoms with Crippen molar-refractivity contribution in [1.29, 1.82) is 5.41 Å². The van der Waals surface area contributed by atoms with Crippen LogP contribution in [0.2, 0.25) is 0 Å². The van der Waals surface area contributed by atoms with E-state index in [2.05, 4.69) is 97.6 Å². The molecule has 462 valence electrons. The van der Waals surface area contributed by atoms with Gasteiger partial charge in [-0.3, -0.25) is 29.5 Å². The highest BCUT2D eigenvalue weighted by Crippen LogP contribution is 2.40. The van der Waals surface area contributed by atoms with Crippen LogP contribution in [-0.4, -0.2) is 131 Å². The normalized spacial score (nSPS) is 18.4. The van der Waals surface area contributed by atoms with Crippen molar-refractivity contribution in [2.24, 2.45) is 5.41 Å². The molecule has 0 unspecified atom stereocenters. The van der Waals surface area contributed by atoms with E-state index in [1.807, 2.05) is 97.5 Å². The van der Waals surface area contributed by atoms with Gasteiger partial charge in [0.05, 0.1) is 45.7 Å². The molecule has 1 aliphatic carbocycles. The minimum absolute atomic E-state index is 0.0193. The zero-order valence-electron chi connectivity index (χ0n) is 51.6. The molecular weight excluding hydrogens is 1120 g/mol. The van der Waals surface area contributed by atoms with E-state index in [1.54, 1.807) is 11.3 Å². The number of piperazine rings is 1. The molecule has 7 aromatic rings. The molecule has 5 N–H and O–H groups in total. The summed E-state index contributed by atoms with van der Waals surface area (Å²) in [4.78, 5) is 70.6. The molecule has 0 spiro atoms. The van der Waals surface area contributed by atoms with Crippen LogP contribution in [0.3, 0.4) is 0 Å². The summed E-state index contributed by atoms with van der Waals surface area (Å²) in [6.45, 7) is 12.5.